The van der Waals surface area contributed by atoms with Gasteiger partial charge in [-0.05, 0) is 40.0 Å². The Morgan fingerprint density at radius 1 is 1.50 bits per heavy atom. The topological polar surface area (TPSA) is 26.0 Å². The Labute approximate surface area is 85.0 Å². The van der Waals surface area contributed by atoms with Crippen LogP contribution in [0.2, 0.25) is 5.02 Å². The summed E-state index contributed by atoms with van der Waals surface area (Å²) in [6.45, 7) is 0. The van der Waals surface area contributed by atoms with Crippen molar-refractivity contribution in [3.8, 4) is 0 Å². The summed E-state index contributed by atoms with van der Waals surface area (Å²) in [6, 6.07) is 6.37. The zero-order chi connectivity index (χ0) is 8.72. The van der Waals surface area contributed by atoms with E-state index in [0.717, 1.165) is 15.9 Å². The molecule has 0 aromatic heterocycles. The first-order chi connectivity index (χ1) is 5.68. The van der Waals surface area contributed by atoms with Crippen LogP contribution in [-0.4, -0.2) is 6.04 Å². The second kappa shape index (κ2) is 3.02. The summed E-state index contributed by atoms with van der Waals surface area (Å²) < 4.78 is 0.959. The third kappa shape index (κ3) is 1.51. The first-order valence-corrected chi connectivity index (χ1v) is 5.06. The molecule has 0 amide bonds. The van der Waals surface area contributed by atoms with Gasteiger partial charge in [-0.2, -0.15) is 0 Å². The maximum absolute atomic E-state index is 5.86. The molecule has 12 heavy (non-hydrogen) atoms. The van der Waals surface area contributed by atoms with Crippen molar-refractivity contribution in [2.45, 2.75) is 18.4 Å². The molecule has 1 aliphatic carbocycles. The molecule has 0 saturated heterocycles. The van der Waals surface area contributed by atoms with Crippen molar-refractivity contribution in [2.24, 2.45) is 5.73 Å². The van der Waals surface area contributed by atoms with Crippen LogP contribution in [0.5, 0.6) is 0 Å². The van der Waals surface area contributed by atoms with Crippen LogP contribution in [0.4, 0.5) is 0 Å². The average molecular weight is 247 g/mol. The minimum absolute atomic E-state index is 0.359. The standard InChI is InChI=1S/C9H9BrClN/c10-7-3-5(1-2-8(7)11)6-4-9(6)12/h1-3,6,9H,4,12H2/t6-,9+/m0/s1. The van der Waals surface area contributed by atoms with Gasteiger partial charge in [-0.3, -0.25) is 0 Å². The fourth-order valence-corrected chi connectivity index (χ4v) is 1.85. The van der Waals surface area contributed by atoms with Gasteiger partial charge >= 0.3 is 0 Å². The Balaban J connectivity index is 2.29. The molecule has 1 aromatic rings. The predicted molar refractivity (Wildman–Crippen MR) is 54.5 cm³/mol. The van der Waals surface area contributed by atoms with Gasteiger partial charge in [-0.1, -0.05) is 17.7 Å². The van der Waals surface area contributed by atoms with Crippen molar-refractivity contribution >= 4 is 27.5 Å². The van der Waals surface area contributed by atoms with E-state index in [1.54, 1.807) is 0 Å². The normalized spacial score (nSPS) is 27.2. The molecule has 2 atom stereocenters. The summed E-state index contributed by atoms with van der Waals surface area (Å²) in [5.41, 5.74) is 7.03. The molecule has 0 bridgehead atoms. The first kappa shape index (κ1) is 8.54. The summed E-state index contributed by atoms with van der Waals surface area (Å²) >= 11 is 9.25. The third-order valence-electron chi connectivity index (χ3n) is 2.21. The monoisotopic (exact) mass is 245 g/mol. The van der Waals surface area contributed by atoms with Crippen molar-refractivity contribution in [3.63, 3.8) is 0 Å². The van der Waals surface area contributed by atoms with Crippen LogP contribution in [0.3, 0.4) is 0 Å². The van der Waals surface area contributed by atoms with Crippen LogP contribution in [0.25, 0.3) is 0 Å². The average Bonchev–Trinajstić information content (AvgIpc) is 2.73. The number of halogens is 2. The minimum Gasteiger partial charge on any atom is -0.327 e. The van der Waals surface area contributed by atoms with Crippen molar-refractivity contribution in [3.05, 3.63) is 33.3 Å². The number of nitrogens with two attached hydrogens (primary N) is 1. The first-order valence-electron chi connectivity index (χ1n) is 3.89. The van der Waals surface area contributed by atoms with Gasteiger partial charge in [0.2, 0.25) is 0 Å². The lowest BCUT2D eigenvalue weighted by atomic mass is 10.1. The van der Waals surface area contributed by atoms with Gasteiger partial charge in [0.15, 0.2) is 0 Å². The molecule has 1 fully saturated rings. The SMILES string of the molecule is N[C@@H]1C[C@H]1c1ccc(Cl)c(Br)c1. The van der Waals surface area contributed by atoms with Crippen LogP contribution >= 0.6 is 27.5 Å². The van der Waals surface area contributed by atoms with Gasteiger partial charge in [-0.25, -0.2) is 0 Å². The predicted octanol–water partition coefficient (Wildman–Crippen LogP) is 2.92. The molecule has 0 unspecified atom stereocenters. The van der Waals surface area contributed by atoms with E-state index in [0.29, 0.717) is 12.0 Å². The largest absolute Gasteiger partial charge is 0.327 e. The van der Waals surface area contributed by atoms with E-state index < -0.39 is 0 Å². The minimum atomic E-state index is 0.359. The van der Waals surface area contributed by atoms with Crippen LogP contribution < -0.4 is 5.73 Å². The Hall–Kier alpha value is -0.0500. The molecule has 3 heteroatoms. The molecule has 1 aromatic carbocycles. The van der Waals surface area contributed by atoms with Crippen molar-refractivity contribution in [1.82, 2.24) is 0 Å². The van der Waals surface area contributed by atoms with E-state index in [2.05, 4.69) is 22.0 Å². The number of rotatable bonds is 1. The molecule has 0 heterocycles. The van der Waals surface area contributed by atoms with E-state index in [1.165, 1.54) is 5.56 Å². The lowest BCUT2D eigenvalue weighted by molar-refractivity contribution is 0.990. The highest BCUT2D eigenvalue weighted by atomic mass is 79.9. The Morgan fingerprint density at radius 3 is 2.67 bits per heavy atom. The van der Waals surface area contributed by atoms with Gasteiger partial charge in [0.25, 0.3) is 0 Å². The molecule has 0 spiro atoms. The maximum Gasteiger partial charge on any atom is 0.0548 e. The van der Waals surface area contributed by atoms with E-state index in [9.17, 15) is 0 Å². The number of hydrogen-bond donors (Lipinski definition) is 1. The van der Waals surface area contributed by atoms with E-state index in [1.807, 2.05) is 12.1 Å². The molecular formula is C9H9BrClN. The molecule has 1 aliphatic rings. The van der Waals surface area contributed by atoms with Gasteiger partial charge in [-0.15, -0.1) is 0 Å². The van der Waals surface area contributed by atoms with Gasteiger partial charge in [0, 0.05) is 16.4 Å². The summed E-state index contributed by atoms with van der Waals surface area (Å²) in [6.07, 6.45) is 1.11. The van der Waals surface area contributed by atoms with Crippen LogP contribution in [0, 0.1) is 0 Å². The third-order valence-corrected chi connectivity index (χ3v) is 3.43. The Kier molecular flexibility index (Phi) is 2.15. The van der Waals surface area contributed by atoms with Gasteiger partial charge in [0.1, 0.15) is 0 Å². The highest BCUT2D eigenvalue weighted by Crippen LogP contribution is 2.40. The molecule has 2 rings (SSSR count). The van der Waals surface area contributed by atoms with Crippen LogP contribution in [-0.2, 0) is 0 Å². The Morgan fingerprint density at radius 2 is 2.17 bits per heavy atom. The quantitative estimate of drug-likeness (QED) is 0.810. The van der Waals surface area contributed by atoms with Crippen molar-refractivity contribution in [1.29, 1.82) is 0 Å². The summed E-state index contributed by atoms with van der Waals surface area (Å²) in [4.78, 5) is 0. The fourth-order valence-electron chi connectivity index (χ4n) is 1.34. The maximum atomic E-state index is 5.86. The van der Waals surface area contributed by atoms with E-state index >= 15 is 0 Å². The smallest absolute Gasteiger partial charge is 0.0548 e. The molecule has 2 N–H and O–H groups in total. The van der Waals surface area contributed by atoms with Crippen LogP contribution in [0.15, 0.2) is 22.7 Å². The highest BCUT2D eigenvalue weighted by molar-refractivity contribution is 9.10. The van der Waals surface area contributed by atoms with Crippen molar-refractivity contribution in [2.75, 3.05) is 0 Å². The van der Waals surface area contributed by atoms with Crippen molar-refractivity contribution < 1.29 is 0 Å². The van der Waals surface area contributed by atoms with E-state index in [-0.39, 0.29) is 0 Å². The molecule has 1 saturated carbocycles. The summed E-state index contributed by atoms with van der Waals surface area (Å²) in [5.74, 6) is 0.554. The lowest BCUT2D eigenvalue weighted by Gasteiger charge is -2.00. The zero-order valence-corrected chi connectivity index (χ0v) is 8.77. The highest BCUT2D eigenvalue weighted by Gasteiger charge is 2.34. The lowest BCUT2D eigenvalue weighted by Crippen LogP contribution is -2.00. The number of hydrogen-bond acceptors (Lipinski definition) is 1. The molecule has 1 nitrogen and oxygen atoms in total. The molecular weight excluding hydrogens is 237 g/mol. The van der Waals surface area contributed by atoms with Gasteiger partial charge < -0.3 is 5.73 Å². The Bertz CT molecular complexity index is 313. The second-order valence-electron chi connectivity index (χ2n) is 3.18. The van der Waals surface area contributed by atoms with Crippen LogP contribution in [0.1, 0.15) is 17.9 Å². The van der Waals surface area contributed by atoms with E-state index in [4.69, 9.17) is 17.3 Å². The molecule has 0 radical (unpaired) electrons. The fraction of sp³-hybridized carbons (Fsp3) is 0.333. The summed E-state index contributed by atoms with van der Waals surface area (Å²) in [5, 5.41) is 0.757. The second-order valence-corrected chi connectivity index (χ2v) is 4.44. The molecule has 0 aliphatic heterocycles. The summed E-state index contributed by atoms with van der Waals surface area (Å²) in [7, 11) is 0. The zero-order valence-electron chi connectivity index (χ0n) is 6.43. The molecule has 64 valence electrons. The van der Waals surface area contributed by atoms with Gasteiger partial charge in [0.05, 0.1) is 5.02 Å². The number of benzene rings is 1.